The van der Waals surface area contributed by atoms with Gasteiger partial charge in [-0.1, -0.05) is 11.6 Å². The third-order valence-electron chi connectivity index (χ3n) is 3.90. The highest BCUT2D eigenvalue weighted by molar-refractivity contribution is 5.83. The lowest BCUT2D eigenvalue weighted by atomic mass is 10.1. The first-order valence-electron chi connectivity index (χ1n) is 7.56. The topological polar surface area (TPSA) is 45.6 Å². The number of hydrogen-bond acceptors (Lipinski definition) is 2. The number of fused-ring (bicyclic) bond motifs is 1. The molecule has 3 rings (SSSR count). The minimum atomic E-state index is 0.870. The molecule has 0 bridgehead atoms. The Balaban J connectivity index is 1.58. The van der Waals surface area contributed by atoms with Crippen LogP contribution < -0.4 is 5.32 Å². The maximum absolute atomic E-state index is 4.29. The number of rotatable bonds is 6. The Bertz CT molecular complexity index is 723. The van der Waals surface area contributed by atoms with E-state index in [-0.39, 0.29) is 0 Å². The first-order valence-corrected chi connectivity index (χ1v) is 7.56. The van der Waals surface area contributed by atoms with Crippen LogP contribution in [0.4, 0.5) is 0 Å². The van der Waals surface area contributed by atoms with E-state index in [1.807, 2.05) is 10.9 Å². The van der Waals surface area contributed by atoms with Crippen molar-refractivity contribution in [3.05, 3.63) is 53.5 Å². The monoisotopic (exact) mass is 282 g/mol. The lowest BCUT2D eigenvalue weighted by molar-refractivity contribution is 0.582. The summed E-state index contributed by atoms with van der Waals surface area (Å²) in [4.78, 5) is 3.35. The van der Waals surface area contributed by atoms with Crippen LogP contribution in [0.2, 0.25) is 0 Å². The molecule has 0 atom stereocenters. The van der Waals surface area contributed by atoms with E-state index < -0.39 is 0 Å². The third kappa shape index (κ3) is 3.00. The van der Waals surface area contributed by atoms with Gasteiger partial charge in [-0.15, -0.1) is 0 Å². The van der Waals surface area contributed by atoms with Crippen molar-refractivity contribution in [2.45, 2.75) is 33.4 Å². The third-order valence-corrected chi connectivity index (χ3v) is 3.90. The minimum absolute atomic E-state index is 0.870. The van der Waals surface area contributed by atoms with E-state index in [4.69, 9.17) is 0 Å². The van der Waals surface area contributed by atoms with Crippen LogP contribution >= 0.6 is 0 Å². The number of aromatic nitrogens is 3. The molecule has 0 saturated carbocycles. The van der Waals surface area contributed by atoms with Gasteiger partial charge in [-0.2, -0.15) is 5.10 Å². The Hall–Kier alpha value is -2.07. The highest BCUT2D eigenvalue weighted by atomic mass is 15.3. The van der Waals surface area contributed by atoms with E-state index in [9.17, 15) is 0 Å². The molecule has 2 aromatic heterocycles. The maximum atomic E-state index is 4.29. The van der Waals surface area contributed by atoms with E-state index in [2.05, 4.69) is 59.7 Å². The fraction of sp³-hybridized carbons (Fsp3) is 0.353. The summed E-state index contributed by atoms with van der Waals surface area (Å²) in [5, 5.41) is 9.13. The second-order valence-electron chi connectivity index (χ2n) is 5.43. The van der Waals surface area contributed by atoms with E-state index in [1.165, 1.54) is 27.7 Å². The smallest absolute Gasteiger partial charge is 0.0521 e. The molecule has 0 saturated heterocycles. The van der Waals surface area contributed by atoms with Crippen molar-refractivity contribution in [2.24, 2.45) is 0 Å². The van der Waals surface area contributed by atoms with Crippen molar-refractivity contribution in [1.29, 1.82) is 0 Å². The number of aromatic amines is 1. The number of H-pyrrole nitrogens is 1. The van der Waals surface area contributed by atoms with Gasteiger partial charge in [0, 0.05) is 36.4 Å². The molecule has 2 heterocycles. The molecule has 0 amide bonds. The van der Waals surface area contributed by atoms with Crippen LogP contribution in [0.1, 0.15) is 23.7 Å². The molecule has 0 fully saturated rings. The SMILES string of the molecule is CCn1nccc1CNCCc1c[nH]c2ccc(C)cc12. The highest BCUT2D eigenvalue weighted by Gasteiger charge is 2.04. The van der Waals surface area contributed by atoms with Crippen molar-refractivity contribution >= 4 is 10.9 Å². The van der Waals surface area contributed by atoms with Gasteiger partial charge in [-0.05, 0) is 50.6 Å². The Morgan fingerprint density at radius 3 is 3.05 bits per heavy atom. The molecule has 2 N–H and O–H groups in total. The van der Waals surface area contributed by atoms with Gasteiger partial charge in [-0.25, -0.2) is 0 Å². The van der Waals surface area contributed by atoms with Crippen LogP contribution in [0, 0.1) is 6.92 Å². The summed E-state index contributed by atoms with van der Waals surface area (Å²) in [6.07, 6.45) is 5.02. The van der Waals surface area contributed by atoms with E-state index in [0.29, 0.717) is 0 Å². The Morgan fingerprint density at radius 1 is 1.29 bits per heavy atom. The summed E-state index contributed by atoms with van der Waals surface area (Å²) in [5.74, 6) is 0. The van der Waals surface area contributed by atoms with Crippen molar-refractivity contribution < 1.29 is 0 Å². The maximum Gasteiger partial charge on any atom is 0.0521 e. The van der Waals surface area contributed by atoms with Crippen LogP contribution in [-0.4, -0.2) is 21.3 Å². The van der Waals surface area contributed by atoms with Gasteiger partial charge < -0.3 is 10.3 Å². The predicted octanol–water partition coefficient (Wildman–Crippen LogP) is 3.03. The van der Waals surface area contributed by atoms with E-state index >= 15 is 0 Å². The summed E-state index contributed by atoms with van der Waals surface area (Å²) < 4.78 is 2.03. The van der Waals surface area contributed by atoms with Crippen LogP contribution in [0.3, 0.4) is 0 Å². The molecule has 0 spiro atoms. The molecule has 3 aromatic rings. The van der Waals surface area contributed by atoms with Gasteiger partial charge in [0.15, 0.2) is 0 Å². The van der Waals surface area contributed by atoms with E-state index in [0.717, 1.165) is 26.1 Å². The molecule has 0 aliphatic heterocycles. The molecule has 0 aliphatic rings. The molecule has 110 valence electrons. The van der Waals surface area contributed by atoms with Crippen molar-refractivity contribution in [3.63, 3.8) is 0 Å². The lowest BCUT2D eigenvalue weighted by Gasteiger charge is -2.06. The fourth-order valence-electron chi connectivity index (χ4n) is 2.73. The second-order valence-corrected chi connectivity index (χ2v) is 5.43. The van der Waals surface area contributed by atoms with Crippen molar-refractivity contribution in [3.8, 4) is 0 Å². The van der Waals surface area contributed by atoms with Crippen molar-refractivity contribution in [1.82, 2.24) is 20.1 Å². The number of nitrogens with one attached hydrogen (secondary N) is 2. The molecule has 4 heteroatoms. The van der Waals surface area contributed by atoms with Crippen LogP contribution in [0.15, 0.2) is 36.7 Å². The first kappa shape index (κ1) is 13.9. The zero-order valence-corrected chi connectivity index (χ0v) is 12.7. The van der Waals surface area contributed by atoms with Gasteiger partial charge >= 0.3 is 0 Å². The second kappa shape index (κ2) is 6.14. The molecule has 0 radical (unpaired) electrons. The molecule has 0 aliphatic carbocycles. The summed E-state index contributed by atoms with van der Waals surface area (Å²) >= 11 is 0. The quantitative estimate of drug-likeness (QED) is 0.683. The molecule has 0 unspecified atom stereocenters. The Kier molecular flexibility index (Phi) is 4.06. The standard InChI is InChI=1S/C17H22N4/c1-3-21-15(7-9-20-21)12-18-8-6-14-11-19-17-5-4-13(2)10-16(14)17/h4-5,7,9-11,18-19H,3,6,8,12H2,1-2H3. The van der Waals surface area contributed by atoms with Crippen LogP contribution in [-0.2, 0) is 19.5 Å². The average Bonchev–Trinajstić information content (AvgIpc) is 3.10. The zero-order chi connectivity index (χ0) is 14.7. The van der Waals surface area contributed by atoms with Gasteiger partial charge in [0.05, 0.1) is 5.69 Å². The molecular formula is C17H22N4. The summed E-state index contributed by atoms with van der Waals surface area (Å²) in [6.45, 7) is 7.02. The number of hydrogen-bond donors (Lipinski definition) is 2. The Morgan fingerprint density at radius 2 is 2.19 bits per heavy atom. The summed E-state index contributed by atoms with van der Waals surface area (Å²) in [5.41, 5.74) is 5.15. The largest absolute Gasteiger partial charge is 0.361 e. The number of aryl methyl sites for hydroxylation is 2. The Labute approximate surface area is 125 Å². The molecular weight excluding hydrogens is 260 g/mol. The first-order chi connectivity index (χ1) is 10.3. The highest BCUT2D eigenvalue weighted by Crippen LogP contribution is 2.19. The molecule has 4 nitrogen and oxygen atoms in total. The van der Waals surface area contributed by atoms with E-state index in [1.54, 1.807) is 0 Å². The normalized spacial score (nSPS) is 11.3. The van der Waals surface area contributed by atoms with Gasteiger partial charge in [0.25, 0.3) is 0 Å². The summed E-state index contributed by atoms with van der Waals surface area (Å²) in [6, 6.07) is 8.63. The van der Waals surface area contributed by atoms with Gasteiger partial charge in [0.1, 0.15) is 0 Å². The molecule has 1 aromatic carbocycles. The van der Waals surface area contributed by atoms with Gasteiger partial charge in [-0.3, -0.25) is 4.68 Å². The molecule has 21 heavy (non-hydrogen) atoms. The zero-order valence-electron chi connectivity index (χ0n) is 12.7. The predicted molar refractivity (Wildman–Crippen MR) is 86.3 cm³/mol. The number of benzene rings is 1. The number of nitrogens with zero attached hydrogens (tertiary/aromatic N) is 2. The van der Waals surface area contributed by atoms with Crippen molar-refractivity contribution in [2.75, 3.05) is 6.54 Å². The fourth-order valence-corrected chi connectivity index (χ4v) is 2.73. The summed E-state index contributed by atoms with van der Waals surface area (Å²) in [7, 11) is 0. The minimum Gasteiger partial charge on any atom is -0.361 e. The van der Waals surface area contributed by atoms with Crippen LogP contribution in [0.25, 0.3) is 10.9 Å². The van der Waals surface area contributed by atoms with Crippen LogP contribution in [0.5, 0.6) is 0 Å². The average molecular weight is 282 g/mol. The lowest BCUT2D eigenvalue weighted by Crippen LogP contribution is -2.19. The van der Waals surface area contributed by atoms with Gasteiger partial charge in [0.2, 0.25) is 0 Å².